The van der Waals surface area contributed by atoms with E-state index in [1.165, 1.54) is 0 Å². The molecule has 0 saturated carbocycles. The summed E-state index contributed by atoms with van der Waals surface area (Å²) in [5, 5.41) is 0. The van der Waals surface area contributed by atoms with Gasteiger partial charge in [-0.2, -0.15) is 0 Å². The molecular weight excluding hydrogens is 152 g/mol. The van der Waals surface area contributed by atoms with Crippen LogP contribution in [0.4, 0.5) is 0 Å². The molecule has 10 heavy (non-hydrogen) atoms. The average molecular weight is 172 g/mol. The van der Waals surface area contributed by atoms with Gasteiger partial charge in [-0.3, -0.25) is 15.9 Å². The standard InChI is InChI=1S/C2H6OS.C2H4.H4N2.2H3N/c1-4(2)3;2*1-2;;/h1-2H3;2*1-2H2;2*1H3. The van der Waals surface area contributed by atoms with E-state index >= 15 is 0 Å². The van der Waals surface area contributed by atoms with E-state index in [0.717, 1.165) is 0 Å². The van der Waals surface area contributed by atoms with Gasteiger partial charge in [0.1, 0.15) is 0 Å². The van der Waals surface area contributed by atoms with Crippen LogP contribution in [0.1, 0.15) is 0 Å². The first kappa shape index (κ1) is 33.1. The highest BCUT2D eigenvalue weighted by atomic mass is 32.2. The van der Waals surface area contributed by atoms with Crippen LogP contribution in [0.3, 0.4) is 0 Å². The first-order chi connectivity index (χ1) is 3.73. The van der Waals surface area contributed by atoms with Crippen LogP contribution in [0.25, 0.3) is 0 Å². The van der Waals surface area contributed by atoms with Crippen LogP contribution in [-0.2, 0) is 10.8 Å². The molecule has 0 saturated heterocycles. The Labute approximate surface area is 65.5 Å². The van der Waals surface area contributed by atoms with Gasteiger partial charge in [0, 0.05) is 23.3 Å². The van der Waals surface area contributed by atoms with Crippen LogP contribution in [0.5, 0.6) is 0 Å². The molecule has 0 aromatic heterocycles. The third-order valence-electron chi connectivity index (χ3n) is 0. The minimum atomic E-state index is -0.611. The zero-order valence-electron chi connectivity index (χ0n) is 6.80. The Hall–Kier alpha value is -0.270. The Kier molecular flexibility index (Phi) is 232. The molecule has 0 rings (SSSR count). The largest absolute Gasteiger partial charge is 0.344 e. The van der Waals surface area contributed by atoms with Gasteiger partial charge in [-0.1, -0.05) is 0 Å². The van der Waals surface area contributed by atoms with Crippen molar-refractivity contribution in [1.29, 1.82) is 0 Å². The second-order valence-electron chi connectivity index (χ2n) is 0.742. The Morgan fingerprint density at radius 2 is 1.10 bits per heavy atom. The summed E-state index contributed by atoms with van der Waals surface area (Å²) in [7, 11) is -0.611. The van der Waals surface area contributed by atoms with Gasteiger partial charge >= 0.3 is 0 Å². The molecule has 10 N–H and O–H groups in total. The van der Waals surface area contributed by atoms with Crippen LogP contribution in [0, 0.1) is 0 Å². The quantitative estimate of drug-likeness (QED) is 0.230. The molecule has 5 nitrogen and oxygen atoms in total. The van der Waals surface area contributed by atoms with Gasteiger partial charge in [-0.15, -0.1) is 13.2 Å². The molecule has 0 heterocycles. The van der Waals surface area contributed by atoms with Gasteiger partial charge in [-0.25, -0.2) is 0 Å². The zero-order chi connectivity index (χ0) is 7.58. The van der Waals surface area contributed by atoms with E-state index < -0.39 is 10.8 Å². The Bertz CT molecular complexity index is 48.5. The van der Waals surface area contributed by atoms with Crippen molar-refractivity contribution in [3.63, 3.8) is 0 Å². The SMILES string of the molecule is C=C.CS(C)=O.N.N.NN. The third kappa shape index (κ3) is 4800. The summed E-state index contributed by atoms with van der Waals surface area (Å²) in [6.45, 7) is 6.00. The molecule has 6 heteroatoms. The van der Waals surface area contributed by atoms with Crippen LogP contribution >= 0.6 is 0 Å². The summed E-state index contributed by atoms with van der Waals surface area (Å²) in [6.07, 6.45) is 3.28. The summed E-state index contributed by atoms with van der Waals surface area (Å²) in [5.41, 5.74) is 0. The molecule has 0 aromatic rings. The van der Waals surface area contributed by atoms with Crippen LogP contribution in [0.15, 0.2) is 13.2 Å². The highest BCUT2D eigenvalue weighted by Gasteiger charge is 1.57. The summed E-state index contributed by atoms with van der Waals surface area (Å²) in [6, 6.07) is 0. The molecule has 0 aromatic carbocycles. The third-order valence-corrected chi connectivity index (χ3v) is 0. The van der Waals surface area contributed by atoms with E-state index in [1.807, 2.05) is 0 Å². The predicted molar refractivity (Wildman–Crippen MR) is 49.7 cm³/mol. The maximum atomic E-state index is 9.56. The minimum Gasteiger partial charge on any atom is -0.344 e. The fraction of sp³-hybridized carbons (Fsp3) is 0.500. The van der Waals surface area contributed by atoms with E-state index in [2.05, 4.69) is 24.8 Å². The fourth-order valence-corrected chi connectivity index (χ4v) is 0. The van der Waals surface area contributed by atoms with Crippen molar-refractivity contribution >= 4 is 10.8 Å². The molecule has 0 amide bonds. The lowest BCUT2D eigenvalue weighted by Crippen LogP contribution is -2.02. The van der Waals surface area contributed by atoms with Crippen LogP contribution in [-0.4, -0.2) is 16.7 Å². The molecule has 0 aliphatic rings. The smallest absolute Gasteiger partial charge is 0.0148 e. The molecule has 68 valence electrons. The molecule has 0 aliphatic carbocycles. The Morgan fingerprint density at radius 3 is 1.10 bits per heavy atom. The van der Waals surface area contributed by atoms with Gasteiger partial charge in [0.05, 0.1) is 0 Å². The monoisotopic (exact) mass is 172 g/mol. The normalized spacial score (nSPS) is 4.50. The first-order valence-corrected chi connectivity index (χ1v) is 3.78. The summed E-state index contributed by atoms with van der Waals surface area (Å²) >= 11 is 0. The van der Waals surface area contributed by atoms with Gasteiger partial charge in [0.15, 0.2) is 0 Å². The first-order valence-electron chi connectivity index (χ1n) is 1.82. The van der Waals surface area contributed by atoms with Crippen LogP contribution < -0.4 is 24.0 Å². The number of hydrazine groups is 1. The topological polar surface area (TPSA) is 139 Å². The minimum absolute atomic E-state index is 0. The molecule has 0 spiro atoms. The average Bonchev–Trinajstić information content (AvgIpc) is 1.75. The van der Waals surface area contributed by atoms with Crippen molar-refractivity contribution in [3.8, 4) is 0 Å². The van der Waals surface area contributed by atoms with Crippen molar-refractivity contribution in [1.82, 2.24) is 12.3 Å². The second kappa shape index (κ2) is 70.0. The Balaban J connectivity index is -0.0000000125. The number of hydrogen-bond donors (Lipinski definition) is 4. The maximum Gasteiger partial charge on any atom is 0.0148 e. The predicted octanol–water partition coefficient (Wildman–Crippen LogP) is -0.0603. The number of hydrogen-bond acceptors (Lipinski definition) is 5. The summed E-state index contributed by atoms with van der Waals surface area (Å²) in [4.78, 5) is 0. The molecular formula is C4H20N4OS. The van der Waals surface area contributed by atoms with Crippen molar-refractivity contribution in [2.75, 3.05) is 12.5 Å². The molecule has 0 aliphatic heterocycles. The van der Waals surface area contributed by atoms with E-state index in [0.29, 0.717) is 0 Å². The van der Waals surface area contributed by atoms with Crippen molar-refractivity contribution in [2.45, 2.75) is 0 Å². The van der Waals surface area contributed by atoms with E-state index in [1.54, 1.807) is 12.5 Å². The lowest BCUT2D eigenvalue weighted by molar-refractivity contribution is 0.690. The van der Waals surface area contributed by atoms with E-state index in [4.69, 9.17) is 0 Å². The van der Waals surface area contributed by atoms with Crippen LogP contribution in [0.2, 0.25) is 0 Å². The van der Waals surface area contributed by atoms with Gasteiger partial charge in [-0.05, 0) is 0 Å². The zero-order valence-corrected chi connectivity index (χ0v) is 7.62. The molecule has 0 radical (unpaired) electrons. The van der Waals surface area contributed by atoms with Gasteiger partial charge in [0.2, 0.25) is 0 Å². The lowest BCUT2D eigenvalue weighted by Gasteiger charge is -1.60. The second-order valence-corrected chi connectivity index (χ2v) is 2.22. The van der Waals surface area contributed by atoms with E-state index in [9.17, 15) is 4.21 Å². The molecule has 0 unspecified atom stereocenters. The van der Waals surface area contributed by atoms with Crippen molar-refractivity contribution in [2.24, 2.45) is 11.7 Å². The number of nitrogens with two attached hydrogens (primary N) is 2. The highest BCUT2D eigenvalue weighted by Crippen LogP contribution is 1.47. The van der Waals surface area contributed by atoms with Crippen molar-refractivity contribution in [3.05, 3.63) is 13.2 Å². The summed E-state index contributed by atoms with van der Waals surface area (Å²) in [5.74, 6) is 8.00. The molecule has 0 fully saturated rings. The Morgan fingerprint density at radius 1 is 1.10 bits per heavy atom. The number of rotatable bonds is 0. The van der Waals surface area contributed by atoms with Gasteiger partial charge < -0.3 is 12.3 Å². The fourth-order valence-electron chi connectivity index (χ4n) is 0. The molecule has 0 atom stereocenters. The molecule has 0 bridgehead atoms. The van der Waals surface area contributed by atoms with E-state index in [-0.39, 0.29) is 12.3 Å². The lowest BCUT2D eigenvalue weighted by atomic mass is 11.3. The van der Waals surface area contributed by atoms with Crippen molar-refractivity contribution < 1.29 is 4.21 Å². The maximum absolute atomic E-state index is 9.56. The summed E-state index contributed by atoms with van der Waals surface area (Å²) < 4.78 is 9.56. The highest BCUT2D eigenvalue weighted by molar-refractivity contribution is 7.83. The van der Waals surface area contributed by atoms with Gasteiger partial charge in [0.25, 0.3) is 0 Å².